The molecule has 1 N–H and O–H groups in total. The number of hydrogen-bond acceptors (Lipinski definition) is 5. The van der Waals surface area contributed by atoms with Crippen molar-refractivity contribution >= 4 is 5.69 Å². The number of nitro benzene ring substituents is 1. The number of aromatic nitrogens is 2. The SMILES string of the molecule is CC(C)NCc1ccnc(-c2ccccc2[N+](=O)[O-])n1. The summed E-state index contributed by atoms with van der Waals surface area (Å²) < 4.78 is 0. The van der Waals surface area contributed by atoms with Gasteiger partial charge in [0.25, 0.3) is 5.69 Å². The molecule has 0 bridgehead atoms. The Hall–Kier alpha value is -2.34. The summed E-state index contributed by atoms with van der Waals surface area (Å²) in [6, 6.07) is 8.63. The van der Waals surface area contributed by atoms with Crippen LogP contribution in [0.3, 0.4) is 0 Å². The Balaban J connectivity index is 2.34. The maximum absolute atomic E-state index is 11.0. The number of nitrogens with zero attached hydrogens (tertiary/aromatic N) is 3. The maximum atomic E-state index is 11.0. The van der Waals surface area contributed by atoms with Crippen LogP contribution in [0.4, 0.5) is 5.69 Å². The molecule has 0 radical (unpaired) electrons. The van der Waals surface area contributed by atoms with E-state index in [4.69, 9.17) is 0 Å². The first-order chi connectivity index (χ1) is 9.58. The van der Waals surface area contributed by atoms with Crippen LogP contribution in [0.25, 0.3) is 11.4 Å². The summed E-state index contributed by atoms with van der Waals surface area (Å²) >= 11 is 0. The number of nitrogens with one attached hydrogen (secondary N) is 1. The van der Waals surface area contributed by atoms with E-state index in [0.29, 0.717) is 24.0 Å². The third-order valence-electron chi connectivity index (χ3n) is 2.75. The average Bonchev–Trinajstić information content (AvgIpc) is 2.45. The van der Waals surface area contributed by atoms with Crippen molar-refractivity contribution in [1.82, 2.24) is 15.3 Å². The molecule has 0 aliphatic heterocycles. The minimum Gasteiger partial charge on any atom is -0.309 e. The monoisotopic (exact) mass is 272 g/mol. The molecule has 20 heavy (non-hydrogen) atoms. The highest BCUT2D eigenvalue weighted by molar-refractivity contribution is 5.67. The van der Waals surface area contributed by atoms with Crippen LogP contribution in [0.1, 0.15) is 19.5 Å². The topological polar surface area (TPSA) is 81.0 Å². The summed E-state index contributed by atoms with van der Waals surface area (Å²) in [5.74, 6) is 0.375. The second-order valence-corrected chi connectivity index (χ2v) is 4.68. The Bertz CT molecular complexity index is 614. The van der Waals surface area contributed by atoms with Gasteiger partial charge in [0.1, 0.15) is 0 Å². The second kappa shape index (κ2) is 6.21. The summed E-state index contributed by atoms with van der Waals surface area (Å²) in [7, 11) is 0. The molecule has 1 aromatic carbocycles. The Kier molecular flexibility index (Phi) is 4.37. The van der Waals surface area contributed by atoms with Crippen LogP contribution >= 0.6 is 0 Å². The molecule has 104 valence electrons. The molecule has 0 fully saturated rings. The van der Waals surface area contributed by atoms with Crippen molar-refractivity contribution in [3.63, 3.8) is 0 Å². The van der Waals surface area contributed by atoms with Gasteiger partial charge in [-0.25, -0.2) is 9.97 Å². The Morgan fingerprint density at radius 1 is 1.30 bits per heavy atom. The highest BCUT2D eigenvalue weighted by atomic mass is 16.6. The van der Waals surface area contributed by atoms with E-state index in [1.807, 2.05) is 13.8 Å². The smallest absolute Gasteiger partial charge is 0.280 e. The van der Waals surface area contributed by atoms with Crippen LogP contribution in [-0.4, -0.2) is 20.9 Å². The van der Waals surface area contributed by atoms with Crippen molar-refractivity contribution in [1.29, 1.82) is 0 Å². The van der Waals surface area contributed by atoms with Gasteiger partial charge in [-0.05, 0) is 12.1 Å². The van der Waals surface area contributed by atoms with Gasteiger partial charge in [0.15, 0.2) is 5.82 Å². The van der Waals surface area contributed by atoms with E-state index in [-0.39, 0.29) is 5.69 Å². The number of benzene rings is 1. The largest absolute Gasteiger partial charge is 0.309 e. The fraction of sp³-hybridized carbons (Fsp3) is 0.286. The fourth-order valence-corrected chi connectivity index (χ4v) is 1.75. The van der Waals surface area contributed by atoms with Crippen LogP contribution in [0.15, 0.2) is 36.5 Å². The number of para-hydroxylation sites is 1. The molecule has 0 aliphatic rings. The minimum atomic E-state index is -0.419. The Morgan fingerprint density at radius 3 is 2.75 bits per heavy atom. The van der Waals surface area contributed by atoms with Crippen LogP contribution in [0.5, 0.6) is 0 Å². The number of hydrogen-bond donors (Lipinski definition) is 1. The van der Waals surface area contributed by atoms with E-state index >= 15 is 0 Å². The van der Waals surface area contributed by atoms with Crippen molar-refractivity contribution in [3.8, 4) is 11.4 Å². The van der Waals surface area contributed by atoms with Crippen molar-refractivity contribution in [3.05, 3.63) is 52.3 Å². The van der Waals surface area contributed by atoms with E-state index in [1.54, 1.807) is 30.5 Å². The molecular weight excluding hydrogens is 256 g/mol. The normalized spacial score (nSPS) is 10.8. The summed E-state index contributed by atoms with van der Waals surface area (Å²) in [4.78, 5) is 19.1. The molecule has 0 saturated carbocycles. The lowest BCUT2D eigenvalue weighted by Crippen LogP contribution is -2.22. The van der Waals surface area contributed by atoms with Crippen molar-refractivity contribution < 1.29 is 4.92 Å². The molecule has 2 aromatic rings. The first kappa shape index (κ1) is 14.1. The van der Waals surface area contributed by atoms with Gasteiger partial charge >= 0.3 is 0 Å². The summed E-state index contributed by atoms with van der Waals surface area (Å²) in [6.45, 7) is 4.70. The molecule has 0 atom stereocenters. The van der Waals surface area contributed by atoms with Crippen LogP contribution in [0.2, 0.25) is 0 Å². The van der Waals surface area contributed by atoms with Gasteiger partial charge in [0, 0.05) is 24.8 Å². The van der Waals surface area contributed by atoms with Gasteiger partial charge in [-0.1, -0.05) is 26.0 Å². The molecule has 6 heteroatoms. The molecule has 1 aromatic heterocycles. The lowest BCUT2D eigenvalue weighted by atomic mass is 10.1. The maximum Gasteiger partial charge on any atom is 0.280 e. The predicted octanol–water partition coefficient (Wildman–Crippen LogP) is 2.55. The standard InChI is InChI=1S/C14H16N4O2/c1-10(2)16-9-11-7-8-15-14(17-11)12-5-3-4-6-13(12)18(19)20/h3-8,10,16H,9H2,1-2H3. The lowest BCUT2D eigenvalue weighted by Gasteiger charge is -2.08. The first-order valence-electron chi connectivity index (χ1n) is 6.37. The predicted molar refractivity (Wildman–Crippen MR) is 76.1 cm³/mol. The molecule has 1 heterocycles. The van der Waals surface area contributed by atoms with Crippen LogP contribution < -0.4 is 5.32 Å². The second-order valence-electron chi connectivity index (χ2n) is 4.68. The fourth-order valence-electron chi connectivity index (χ4n) is 1.75. The first-order valence-corrected chi connectivity index (χ1v) is 6.37. The van der Waals surface area contributed by atoms with Gasteiger partial charge in [0.05, 0.1) is 16.2 Å². The zero-order valence-corrected chi connectivity index (χ0v) is 11.4. The average molecular weight is 272 g/mol. The molecule has 2 rings (SSSR count). The van der Waals surface area contributed by atoms with Crippen molar-refractivity contribution in [2.75, 3.05) is 0 Å². The van der Waals surface area contributed by atoms with E-state index in [9.17, 15) is 10.1 Å². The molecule has 6 nitrogen and oxygen atoms in total. The molecule has 0 saturated heterocycles. The highest BCUT2D eigenvalue weighted by Crippen LogP contribution is 2.26. The van der Waals surface area contributed by atoms with E-state index in [1.165, 1.54) is 6.07 Å². The third kappa shape index (κ3) is 3.36. The molecule has 0 unspecified atom stereocenters. The van der Waals surface area contributed by atoms with Crippen molar-refractivity contribution in [2.45, 2.75) is 26.4 Å². The van der Waals surface area contributed by atoms with Gasteiger partial charge < -0.3 is 5.32 Å². The molecular formula is C14H16N4O2. The molecule has 0 spiro atoms. The highest BCUT2D eigenvalue weighted by Gasteiger charge is 2.16. The van der Waals surface area contributed by atoms with Crippen molar-refractivity contribution in [2.24, 2.45) is 0 Å². The number of nitro groups is 1. The van der Waals surface area contributed by atoms with Gasteiger partial charge in [-0.15, -0.1) is 0 Å². The van der Waals surface area contributed by atoms with E-state index in [0.717, 1.165) is 5.69 Å². The number of rotatable bonds is 5. The van der Waals surface area contributed by atoms with E-state index in [2.05, 4.69) is 15.3 Å². The summed E-state index contributed by atoms with van der Waals surface area (Å²) in [6.07, 6.45) is 1.62. The Morgan fingerprint density at radius 2 is 2.05 bits per heavy atom. The summed E-state index contributed by atoms with van der Waals surface area (Å²) in [5.41, 5.74) is 1.26. The quantitative estimate of drug-likeness (QED) is 0.668. The van der Waals surface area contributed by atoms with Crippen LogP contribution in [-0.2, 0) is 6.54 Å². The van der Waals surface area contributed by atoms with Gasteiger partial charge in [-0.2, -0.15) is 0 Å². The van der Waals surface area contributed by atoms with E-state index < -0.39 is 4.92 Å². The molecule has 0 amide bonds. The Labute approximate surface area is 117 Å². The zero-order valence-electron chi connectivity index (χ0n) is 11.4. The lowest BCUT2D eigenvalue weighted by molar-refractivity contribution is -0.384. The zero-order chi connectivity index (χ0) is 14.5. The molecule has 0 aliphatic carbocycles. The summed E-state index contributed by atoms with van der Waals surface area (Å²) in [5, 5.41) is 14.3. The van der Waals surface area contributed by atoms with Gasteiger partial charge in [0.2, 0.25) is 0 Å². The van der Waals surface area contributed by atoms with Crippen LogP contribution in [0, 0.1) is 10.1 Å². The van der Waals surface area contributed by atoms with Gasteiger partial charge in [-0.3, -0.25) is 10.1 Å². The minimum absolute atomic E-state index is 0.0152. The third-order valence-corrected chi connectivity index (χ3v) is 2.75.